The van der Waals surface area contributed by atoms with Gasteiger partial charge in [0.25, 0.3) is 0 Å². The normalized spacial score (nSPS) is 10.2. The third-order valence-electron chi connectivity index (χ3n) is 2.67. The molecule has 0 aliphatic heterocycles. The van der Waals surface area contributed by atoms with Crippen molar-refractivity contribution in [1.82, 2.24) is 9.97 Å². The molecule has 94 valence electrons. The second-order valence-electron chi connectivity index (χ2n) is 4.26. The molecule has 2 aromatic rings. The van der Waals surface area contributed by atoms with Gasteiger partial charge in [0.1, 0.15) is 5.82 Å². The van der Waals surface area contributed by atoms with Crippen molar-refractivity contribution in [2.75, 3.05) is 30.9 Å². The largest absolute Gasteiger partial charge is 0.378 e. The molecule has 0 amide bonds. The SMILES string of the molecule is CCNc1cncc(-c2ccc(N(C)C)cc2)n1. The van der Waals surface area contributed by atoms with Crippen LogP contribution in [0.15, 0.2) is 36.7 Å². The zero-order valence-corrected chi connectivity index (χ0v) is 11.0. The number of nitrogens with zero attached hydrogens (tertiary/aromatic N) is 3. The summed E-state index contributed by atoms with van der Waals surface area (Å²) >= 11 is 0. The molecule has 4 heteroatoms. The molecule has 0 aliphatic carbocycles. The molecule has 1 aromatic carbocycles. The quantitative estimate of drug-likeness (QED) is 0.895. The molecule has 1 N–H and O–H groups in total. The van der Waals surface area contributed by atoms with Gasteiger partial charge in [-0.2, -0.15) is 0 Å². The van der Waals surface area contributed by atoms with Gasteiger partial charge in [-0.15, -0.1) is 0 Å². The lowest BCUT2D eigenvalue weighted by molar-refractivity contribution is 1.12. The van der Waals surface area contributed by atoms with Gasteiger partial charge in [-0.1, -0.05) is 12.1 Å². The van der Waals surface area contributed by atoms with Crippen LogP contribution in [0, 0.1) is 0 Å². The van der Waals surface area contributed by atoms with Crippen molar-refractivity contribution in [2.24, 2.45) is 0 Å². The van der Waals surface area contributed by atoms with E-state index >= 15 is 0 Å². The number of hydrogen-bond acceptors (Lipinski definition) is 4. The Balaban J connectivity index is 2.27. The molecule has 0 atom stereocenters. The third-order valence-corrected chi connectivity index (χ3v) is 2.67. The van der Waals surface area contributed by atoms with E-state index in [0.717, 1.165) is 23.6 Å². The molecule has 2 rings (SSSR count). The first-order chi connectivity index (χ1) is 8.70. The molecule has 0 fully saturated rings. The molecular formula is C14H18N4. The standard InChI is InChI=1S/C14H18N4/c1-4-16-14-10-15-9-13(17-14)11-5-7-12(8-6-11)18(2)3/h5-10H,4H2,1-3H3,(H,16,17). The molecule has 1 aromatic heterocycles. The minimum Gasteiger partial charge on any atom is -0.378 e. The van der Waals surface area contributed by atoms with E-state index in [-0.39, 0.29) is 0 Å². The smallest absolute Gasteiger partial charge is 0.145 e. The van der Waals surface area contributed by atoms with Crippen molar-refractivity contribution < 1.29 is 0 Å². The summed E-state index contributed by atoms with van der Waals surface area (Å²) in [6.07, 6.45) is 3.52. The predicted octanol–water partition coefficient (Wildman–Crippen LogP) is 2.64. The summed E-state index contributed by atoms with van der Waals surface area (Å²) in [4.78, 5) is 10.8. The van der Waals surface area contributed by atoms with Gasteiger partial charge in [0, 0.05) is 31.9 Å². The van der Waals surface area contributed by atoms with Crippen molar-refractivity contribution in [3.63, 3.8) is 0 Å². The highest BCUT2D eigenvalue weighted by Gasteiger charge is 2.02. The van der Waals surface area contributed by atoms with Gasteiger partial charge in [0.15, 0.2) is 0 Å². The van der Waals surface area contributed by atoms with Crippen LogP contribution in [0.25, 0.3) is 11.3 Å². The summed E-state index contributed by atoms with van der Waals surface area (Å²) < 4.78 is 0. The number of aromatic nitrogens is 2. The van der Waals surface area contributed by atoms with Gasteiger partial charge in [0.2, 0.25) is 0 Å². The average molecular weight is 242 g/mol. The van der Waals surface area contributed by atoms with E-state index in [1.165, 1.54) is 5.69 Å². The second kappa shape index (κ2) is 5.49. The Labute approximate surface area is 108 Å². The van der Waals surface area contributed by atoms with E-state index < -0.39 is 0 Å². The van der Waals surface area contributed by atoms with Crippen LogP contribution in [0.2, 0.25) is 0 Å². The van der Waals surface area contributed by atoms with Crippen LogP contribution in [0.4, 0.5) is 11.5 Å². The van der Waals surface area contributed by atoms with E-state index in [0.29, 0.717) is 0 Å². The lowest BCUT2D eigenvalue weighted by Gasteiger charge is -2.12. The monoisotopic (exact) mass is 242 g/mol. The highest BCUT2D eigenvalue weighted by Crippen LogP contribution is 2.21. The maximum absolute atomic E-state index is 4.52. The Bertz CT molecular complexity index is 505. The number of hydrogen-bond donors (Lipinski definition) is 1. The van der Waals surface area contributed by atoms with E-state index in [4.69, 9.17) is 0 Å². The third kappa shape index (κ3) is 2.77. The molecule has 0 aliphatic rings. The van der Waals surface area contributed by atoms with Crippen molar-refractivity contribution >= 4 is 11.5 Å². The summed E-state index contributed by atoms with van der Waals surface area (Å²) in [5, 5.41) is 3.17. The number of rotatable bonds is 4. The van der Waals surface area contributed by atoms with Crippen LogP contribution in [0.5, 0.6) is 0 Å². The van der Waals surface area contributed by atoms with Crippen LogP contribution in [0.3, 0.4) is 0 Å². The van der Waals surface area contributed by atoms with Gasteiger partial charge in [0.05, 0.1) is 18.1 Å². The zero-order valence-electron chi connectivity index (χ0n) is 11.0. The Morgan fingerprint density at radius 3 is 2.44 bits per heavy atom. The maximum atomic E-state index is 4.52. The van der Waals surface area contributed by atoms with Gasteiger partial charge in [-0.3, -0.25) is 4.98 Å². The minimum absolute atomic E-state index is 0.812. The zero-order chi connectivity index (χ0) is 13.0. The molecule has 0 unspecified atom stereocenters. The second-order valence-corrected chi connectivity index (χ2v) is 4.26. The number of benzene rings is 1. The van der Waals surface area contributed by atoms with E-state index in [9.17, 15) is 0 Å². The molecule has 0 bridgehead atoms. The minimum atomic E-state index is 0.812. The van der Waals surface area contributed by atoms with Gasteiger partial charge >= 0.3 is 0 Å². The Kier molecular flexibility index (Phi) is 3.77. The molecule has 0 saturated heterocycles. The van der Waals surface area contributed by atoms with Crippen LogP contribution in [0.1, 0.15) is 6.92 Å². The van der Waals surface area contributed by atoms with Crippen LogP contribution < -0.4 is 10.2 Å². The Morgan fingerprint density at radius 1 is 1.11 bits per heavy atom. The highest BCUT2D eigenvalue weighted by atomic mass is 15.1. The van der Waals surface area contributed by atoms with Crippen molar-refractivity contribution in [2.45, 2.75) is 6.92 Å². The van der Waals surface area contributed by atoms with Crippen molar-refractivity contribution in [1.29, 1.82) is 0 Å². The summed E-state index contributed by atoms with van der Waals surface area (Å²) in [6, 6.07) is 8.29. The summed E-state index contributed by atoms with van der Waals surface area (Å²) in [6.45, 7) is 2.89. The molecule has 18 heavy (non-hydrogen) atoms. The van der Waals surface area contributed by atoms with Crippen molar-refractivity contribution in [3.8, 4) is 11.3 Å². The Morgan fingerprint density at radius 2 is 1.83 bits per heavy atom. The predicted molar refractivity (Wildman–Crippen MR) is 76.0 cm³/mol. The lowest BCUT2D eigenvalue weighted by Crippen LogP contribution is -2.08. The van der Waals surface area contributed by atoms with Crippen LogP contribution >= 0.6 is 0 Å². The fourth-order valence-electron chi connectivity index (χ4n) is 1.70. The molecular weight excluding hydrogens is 224 g/mol. The van der Waals surface area contributed by atoms with Crippen LogP contribution in [-0.4, -0.2) is 30.6 Å². The van der Waals surface area contributed by atoms with Gasteiger partial charge < -0.3 is 10.2 Å². The first-order valence-corrected chi connectivity index (χ1v) is 6.04. The molecule has 4 nitrogen and oxygen atoms in total. The first kappa shape index (κ1) is 12.4. The van der Waals surface area contributed by atoms with Gasteiger partial charge in [-0.25, -0.2) is 4.98 Å². The van der Waals surface area contributed by atoms with Gasteiger partial charge in [-0.05, 0) is 19.1 Å². The van der Waals surface area contributed by atoms with E-state index in [2.05, 4.69) is 44.5 Å². The molecule has 0 saturated carbocycles. The number of anilines is 2. The van der Waals surface area contributed by atoms with E-state index in [1.54, 1.807) is 12.4 Å². The lowest BCUT2D eigenvalue weighted by atomic mass is 10.1. The van der Waals surface area contributed by atoms with E-state index in [1.807, 2.05) is 21.0 Å². The summed E-state index contributed by atoms with van der Waals surface area (Å²) in [5.41, 5.74) is 3.14. The summed E-state index contributed by atoms with van der Waals surface area (Å²) in [5.74, 6) is 0.812. The summed E-state index contributed by atoms with van der Waals surface area (Å²) in [7, 11) is 4.06. The molecule has 0 spiro atoms. The number of nitrogens with one attached hydrogen (secondary N) is 1. The fraction of sp³-hybridized carbons (Fsp3) is 0.286. The first-order valence-electron chi connectivity index (χ1n) is 6.04. The van der Waals surface area contributed by atoms with Crippen LogP contribution in [-0.2, 0) is 0 Å². The fourth-order valence-corrected chi connectivity index (χ4v) is 1.70. The topological polar surface area (TPSA) is 41.1 Å². The Hall–Kier alpha value is -2.10. The highest BCUT2D eigenvalue weighted by molar-refractivity contribution is 5.63. The maximum Gasteiger partial charge on any atom is 0.145 e. The van der Waals surface area contributed by atoms with Crippen molar-refractivity contribution in [3.05, 3.63) is 36.7 Å². The molecule has 1 heterocycles. The molecule has 0 radical (unpaired) electrons. The average Bonchev–Trinajstić information content (AvgIpc) is 2.39.